The van der Waals surface area contributed by atoms with Crippen molar-refractivity contribution in [2.75, 3.05) is 13.1 Å². The molecule has 2 aromatic heterocycles. The number of hydrogen-bond donors (Lipinski definition) is 0. The van der Waals surface area contributed by atoms with Crippen molar-refractivity contribution in [1.82, 2.24) is 15.0 Å². The van der Waals surface area contributed by atoms with Crippen molar-refractivity contribution in [3.05, 3.63) is 64.8 Å². The normalized spacial score (nSPS) is 17.1. The first-order valence-electron chi connectivity index (χ1n) is 8.39. The fourth-order valence-corrected chi connectivity index (χ4v) is 3.63. The number of carbonyl (C=O) groups is 1. The van der Waals surface area contributed by atoms with E-state index in [2.05, 4.69) is 10.1 Å². The third-order valence-corrected chi connectivity index (χ3v) is 5.26. The molecule has 3 heterocycles. The fraction of sp³-hybridized carbons (Fsp3) is 0.211. The predicted molar refractivity (Wildman–Crippen MR) is 96.9 cm³/mol. The molecule has 0 bridgehead atoms. The molecule has 0 radical (unpaired) electrons. The zero-order chi connectivity index (χ0) is 18.8. The van der Waals surface area contributed by atoms with Gasteiger partial charge in [0.1, 0.15) is 11.6 Å². The summed E-state index contributed by atoms with van der Waals surface area (Å²) in [6.07, 6.45) is 3.27. The molecule has 1 aliphatic heterocycles. The van der Waals surface area contributed by atoms with Crippen molar-refractivity contribution in [3.63, 3.8) is 0 Å². The number of amides is 1. The molecule has 0 N–H and O–H groups in total. The van der Waals surface area contributed by atoms with E-state index in [1.165, 1.54) is 23.5 Å². The molecule has 1 aromatic carbocycles. The SMILES string of the molecule is O=C(/C=C/c1cc(F)ccc1F)N1CCC(c2noc(-c3cccs3)n2)C1. The Labute approximate surface area is 157 Å². The summed E-state index contributed by atoms with van der Waals surface area (Å²) in [5.41, 5.74) is 0.0397. The topological polar surface area (TPSA) is 59.2 Å². The first kappa shape index (κ1) is 17.5. The Kier molecular flexibility index (Phi) is 4.81. The van der Waals surface area contributed by atoms with Crippen molar-refractivity contribution in [3.8, 4) is 10.8 Å². The summed E-state index contributed by atoms with van der Waals surface area (Å²) in [6, 6.07) is 6.94. The average molecular weight is 387 g/mol. The Morgan fingerprint density at radius 1 is 1.33 bits per heavy atom. The van der Waals surface area contributed by atoms with Crippen molar-refractivity contribution < 1.29 is 18.1 Å². The maximum absolute atomic E-state index is 13.6. The van der Waals surface area contributed by atoms with Crippen LogP contribution in [0.15, 0.2) is 46.3 Å². The Morgan fingerprint density at radius 3 is 3.04 bits per heavy atom. The molecule has 4 rings (SSSR count). The van der Waals surface area contributed by atoms with Crippen molar-refractivity contribution in [2.45, 2.75) is 12.3 Å². The van der Waals surface area contributed by atoms with Gasteiger partial charge in [-0.1, -0.05) is 11.2 Å². The fourth-order valence-electron chi connectivity index (χ4n) is 2.98. The van der Waals surface area contributed by atoms with Crippen LogP contribution in [0.2, 0.25) is 0 Å². The first-order chi connectivity index (χ1) is 13.1. The standard InChI is InChI=1S/C19H15F2N3O2S/c20-14-4-5-15(21)12(10-14)3-6-17(25)24-8-7-13(11-24)18-22-19(26-23-18)16-2-1-9-27-16/h1-6,9-10,13H,7-8,11H2/b6-3+. The van der Waals surface area contributed by atoms with E-state index in [-0.39, 0.29) is 17.4 Å². The van der Waals surface area contributed by atoms with Crippen LogP contribution < -0.4 is 0 Å². The molecule has 1 amide bonds. The molecular formula is C19H15F2N3O2S. The third kappa shape index (κ3) is 3.80. The lowest BCUT2D eigenvalue weighted by atomic mass is 10.1. The van der Waals surface area contributed by atoms with Gasteiger partial charge in [-0.2, -0.15) is 4.98 Å². The minimum atomic E-state index is -0.576. The average Bonchev–Trinajstić information content (AvgIpc) is 3.40. The van der Waals surface area contributed by atoms with Crippen LogP contribution in [-0.2, 0) is 4.79 Å². The van der Waals surface area contributed by atoms with E-state index in [0.29, 0.717) is 24.8 Å². The largest absolute Gasteiger partial charge is 0.338 e. The van der Waals surface area contributed by atoms with Crippen LogP contribution in [-0.4, -0.2) is 34.0 Å². The Morgan fingerprint density at radius 2 is 2.22 bits per heavy atom. The minimum absolute atomic E-state index is 0.00859. The van der Waals surface area contributed by atoms with Crippen LogP contribution in [0, 0.1) is 11.6 Å². The van der Waals surface area contributed by atoms with Gasteiger partial charge in [0.15, 0.2) is 5.82 Å². The molecule has 0 spiro atoms. The molecule has 138 valence electrons. The van der Waals surface area contributed by atoms with Gasteiger partial charge in [0.05, 0.1) is 4.88 Å². The highest BCUT2D eigenvalue weighted by Gasteiger charge is 2.30. The van der Waals surface area contributed by atoms with Crippen molar-refractivity contribution >= 4 is 23.3 Å². The Bertz CT molecular complexity index is 985. The number of hydrogen-bond acceptors (Lipinski definition) is 5. The smallest absolute Gasteiger partial charge is 0.267 e. The number of likely N-dealkylation sites (tertiary alicyclic amines) is 1. The second-order valence-electron chi connectivity index (χ2n) is 6.20. The quantitative estimate of drug-likeness (QED) is 0.633. The summed E-state index contributed by atoms with van der Waals surface area (Å²) < 4.78 is 32.1. The lowest BCUT2D eigenvalue weighted by Gasteiger charge is -2.13. The number of rotatable bonds is 4. The van der Waals surface area contributed by atoms with Gasteiger partial charge in [-0.15, -0.1) is 11.3 Å². The highest BCUT2D eigenvalue weighted by molar-refractivity contribution is 7.13. The van der Waals surface area contributed by atoms with E-state index in [0.717, 1.165) is 29.5 Å². The summed E-state index contributed by atoms with van der Waals surface area (Å²) in [6.45, 7) is 1.00. The molecule has 1 aliphatic rings. The van der Waals surface area contributed by atoms with Gasteiger partial charge in [-0.25, -0.2) is 8.78 Å². The highest BCUT2D eigenvalue weighted by Crippen LogP contribution is 2.29. The van der Waals surface area contributed by atoms with E-state index in [1.807, 2.05) is 17.5 Å². The molecule has 8 heteroatoms. The molecule has 5 nitrogen and oxygen atoms in total. The molecule has 1 atom stereocenters. The maximum atomic E-state index is 13.6. The minimum Gasteiger partial charge on any atom is -0.338 e. The number of thiophene rings is 1. The predicted octanol–water partition coefficient (Wildman–Crippen LogP) is 4.11. The van der Waals surface area contributed by atoms with Crippen LogP contribution in [0.4, 0.5) is 8.78 Å². The second-order valence-corrected chi connectivity index (χ2v) is 7.15. The summed E-state index contributed by atoms with van der Waals surface area (Å²) in [4.78, 5) is 19.3. The van der Waals surface area contributed by atoms with Crippen LogP contribution >= 0.6 is 11.3 Å². The first-order valence-corrected chi connectivity index (χ1v) is 9.27. The van der Waals surface area contributed by atoms with Crippen LogP contribution in [0.1, 0.15) is 23.7 Å². The Hall–Kier alpha value is -2.87. The van der Waals surface area contributed by atoms with E-state index in [9.17, 15) is 13.6 Å². The molecule has 0 aliphatic carbocycles. The monoisotopic (exact) mass is 387 g/mol. The van der Waals surface area contributed by atoms with Gasteiger partial charge >= 0.3 is 0 Å². The van der Waals surface area contributed by atoms with Crippen molar-refractivity contribution in [2.24, 2.45) is 0 Å². The zero-order valence-electron chi connectivity index (χ0n) is 14.1. The Balaban J connectivity index is 1.41. The molecule has 1 fully saturated rings. The van der Waals surface area contributed by atoms with Gasteiger partial charge in [-0.05, 0) is 42.1 Å². The number of benzene rings is 1. The van der Waals surface area contributed by atoms with E-state index >= 15 is 0 Å². The molecule has 27 heavy (non-hydrogen) atoms. The van der Waals surface area contributed by atoms with E-state index in [4.69, 9.17) is 4.52 Å². The van der Waals surface area contributed by atoms with Gasteiger partial charge in [0, 0.05) is 30.6 Å². The van der Waals surface area contributed by atoms with Gasteiger partial charge in [-0.3, -0.25) is 4.79 Å². The van der Waals surface area contributed by atoms with E-state index in [1.54, 1.807) is 4.90 Å². The molecule has 3 aromatic rings. The van der Waals surface area contributed by atoms with Gasteiger partial charge in [0.25, 0.3) is 5.89 Å². The van der Waals surface area contributed by atoms with Gasteiger partial charge < -0.3 is 9.42 Å². The highest BCUT2D eigenvalue weighted by atomic mass is 32.1. The maximum Gasteiger partial charge on any atom is 0.267 e. The molecule has 1 saturated heterocycles. The molecule has 1 unspecified atom stereocenters. The molecule has 0 saturated carbocycles. The lowest BCUT2D eigenvalue weighted by molar-refractivity contribution is -0.124. The summed E-state index contributed by atoms with van der Waals surface area (Å²) in [5, 5.41) is 5.97. The lowest BCUT2D eigenvalue weighted by Crippen LogP contribution is -2.26. The van der Waals surface area contributed by atoms with Crippen molar-refractivity contribution in [1.29, 1.82) is 0 Å². The third-order valence-electron chi connectivity index (χ3n) is 4.40. The second kappa shape index (κ2) is 7.40. The van der Waals surface area contributed by atoms with Crippen LogP contribution in [0.25, 0.3) is 16.8 Å². The van der Waals surface area contributed by atoms with E-state index < -0.39 is 11.6 Å². The molecular weight excluding hydrogens is 372 g/mol. The number of nitrogens with zero attached hydrogens (tertiary/aromatic N) is 3. The number of carbonyl (C=O) groups excluding carboxylic acids is 1. The number of halogens is 2. The zero-order valence-corrected chi connectivity index (χ0v) is 15.0. The summed E-state index contributed by atoms with van der Waals surface area (Å²) >= 11 is 1.52. The van der Waals surface area contributed by atoms with Crippen LogP contribution in [0.5, 0.6) is 0 Å². The summed E-state index contributed by atoms with van der Waals surface area (Å²) in [7, 11) is 0. The number of aromatic nitrogens is 2. The van der Waals surface area contributed by atoms with Gasteiger partial charge in [0.2, 0.25) is 5.91 Å². The summed E-state index contributed by atoms with van der Waals surface area (Å²) in [5.74, 6) is -0.343. The van der Waals surface area contributed by atoms with Crippen LogP contribution in [0.3, 0.4) is 0 Å².